The number of piperidine rings is 1. The molecule has 0 aliphatic carbocycles. The van der Waals surface area contributed by atoms with Gasteiger partial charge in [0.25, 0.3) is 6.47 Å². The van der Waals surface area contributed by atoms with Crippen LogP contribution >= 0.6 is 0 Å². The Kier molecular flexibility index (Phi) is 7.45. The molecular weight excluding hydrogens is 472 g/mol. The van der Waals surface area contributed by atoms with E-state index in [-0.39, 0.29) is 18.3 Å². The van der Waals surface area contributed by atoms with Crippen molar-refractivity contribution in [1.82, 2.24) is 28.8 Å². The smallest absolute Gasteiger partial charge is 0.290 e. The fourth-order valence-electron chi connectivity index (χ4n) is 4.53. The van der Waals surface area contributed by atoms with Gasteiger partial charge in [0.15, 0.2) is 0 Å². The molecule has 12 nitrogen and oxygen atoms in total. The molecule has 13 heteroatoms. The number of carboxylic acid groups (broad SMARTS) is 1. The number of carbonyl (C=O) groups is 1. The van der Waals surface area contributed by atoms with Gasteiger partial charge in [0.2, 0.25) is 16.0 Å². The van der Waals surface area contributed by atoms with E-state index in [1.807, 2.05) is 18.5 Å². The largest absolute Gasteiger partial charge is 0.483 e. The third kappa shape index (κ3) is 5.51. The summed E-state index contributed by atoms with van der Waals surface area (Å²) >= 11 is 0. The Hall–Kier alpha value is -3.32. The van der Waals surface area contributed by atoms with Gasteiger partial charge in [0.1, 0.15) is 17.2 Å². The van der Waals surface area contributed by atoms with Crippen molar-refractivity contribution >= 4 is 45.1 Å². The molecule has 0 unspecified atom stereocenters. The van der Waals surface area contributed by atoms with Crippen molar-refractivity contribution in [2.45, 2.75) is 45.2 Å². The molecular formula is C22H30N8O4S. The number of nitrogens with one attached hydrogen (secondary N) is 1. The highest BCUT2D eigenvalue weighted by molar-refractivity contribution is 7.89. The lowest BCUT2D eigenvalue weighted by Gasteiger charge is -2.35. The number of hydrogen-bond donors (Lipinski definition) is 2. The molecule has 3 aromatic rings. The maximum absolute atomic E-state index is 12.2. The van der Waals surface area contributed by atoms with Crippen LogP contribution in [0.3, 0.4) is 0 Å². The second kappa shape index (κ2) is 10.5. The van der Waals surface area contributed by atoms with Gasteiger partial charge in [-0.05, 0) is 39.2 Å². The van der Waals surface area contributed by atoms with Crippen molar-refractivity contribution < 1.29 is 18.3 Å². The van der Waals surface area contributed by atoms with Crippen LogP contribution in [0.15, 0.2) is 30.9 Å². The Morgan fingerprint density at radius 3 is 2.54 bits per heavy atom. The third-order valence-corrected chi connectivity index (χ3v) is 8.21. The number of hydrogen-bond acceptors (Lipinski definition) is 9. The van der Waals surface area contributed by atoms with Gasteiger partial charge in [-0.25, -0.2) is 23.4 Å². The van der Waals surface area contributed by atoms with Crippen molar-refractivity contribution in [3.63, 3.8) is 0 Å². The standard InChI is InChI=1S/C21H28N8O2S.CH2O2/c1-15(2)28-14-24-17-13-23-20(12-18(17)28)25-19-4-7-22-21(26-19)27-9-5-16(6-10-27)29-8-3-11-32(29,30)31;2-1-3/h4,7,12-16H,3,5-6,8-11H2,1-2H3,(H,22,23,25,26);1H,(H,2,3). The third-order valence-electron chi connectivity index (χ3n) is 6.21. The molecule has 0 amide bonds. The van der Waals surface area contributed by atoms with Crippen LogP contribution in [0.4, 0.5) is 17.6 Å². The SMILES string of the molecule is CC(C)n1cnc2cnc(Nc3ccnc(N4CCC(N5CCCS5(=O)=O)CC4)n3)cc21.O=CO. The molecule has 2 aliphatic rings. The molecule has 0 bridgehead atoms. The molecule has 2 saturated heterocycles. The molecule has 2 N–H and O–H groups in total. The second-order valence-electron chi connectivity index (χ2n) is 8.77. The maximum atomic E-state index is 12.2. The number of pyridine rings is 1. The van der Waals surface area contributed by atoms with Gasteiger partial charge in [-0.15, -0.1) is 0 Å². The average Bonchev–Trinajstić information content (AvgIpc) is 3.42. The van der Waals surface area contributed by atoms with E-state index in [1.165, 1.54) is 0 Å². The summed E-state index contributed by atoms with van der Waals surface area (Å²) in [5, 5.41) is 10.2. The molecule has 35 heavy (non-hydrogen) atoms. The summed E-state index contributed by atoms with van der Waals surface area (Å²) in [5.41, 5.74) is 1.88. The van der Waals surface area contributed by atoms with E-state index in [4.69, 9.17) is 9.90 Å². The number of imidazole rings is 1. The molecule has 2 fully saturated rings. The molecule has 5 rings (SSSR count). The normalized spacial score (nSPS) is 18.4. The highest BCUT2D eigenvalue weighted by Gasteiger charge is 2.36. The molecule has 3 aromatic heterocycles. The number of fused-ring (bicyclic) bond motifs is 1. The van der Waals surface area contributed by atoms with E-state index in [1.54, 1.807) is 16.7 Å². The zero-order valence-corrected chi connectivity index (χ0v) is 20.6. The molecule has 5 heterocycles. The zero-order chi connectivity index (χ0) is 25.0. The van der Waals surface area contributed by atoms with Gasteiger partial charge < -0.3 is 19.9 Å². The quantitative estimate of drug-likeness (QED) is 0.498. The number of rotatable bonds is 5. The Labute approximate surface area is 204 Å². The lowest BCUT2D eigenvalue weighted by Crippen LogP contribution is -2.46. The fraction of sp³-hybridized carbons (Fsp3) is 0.500. The molecule has 188 valence electrons. The first kappa shape index (κ1) is 24.8. The lowest BCUT2D eigenvalue weighted by molar-refractivity contribution is -0.122. The van der Waals surface area contributed by atoms with Crippen LogP contribution in [0, 0.1) is 0 Å². The molecule has 0 spiro atoms. The predicted molar refractivity (Wildman–Crippen MR) is 132 cm³/mol. The van der Waals surface area contributed by atoms with Gasteiger partial charge >= 0.3 is 0 Å². The summed E-state index contributed by atoms with van der Waals surface area (Å²) in [7, 11) is -3.07. The van der Waals surface area contributed by atoms with E-state index < -0.39 is 10.0 Å². The molecule has 0 aromatic carbocycles. The van der Waals surface area contributed by atoms with E-state index in [2.05, 4.69) is 48.6 Å². The molecule has 0 saturated carbocycles. The first-order valence-corrected chi connectivity index (χ1v) is 13.2. The molecule has 0 radical (unpaired) electrons. The fourth-order valence-corrected chi connectivity index (χ4v) is 6.34. The van der Waals surface area contributed by atoms with Crippen LogP contribution in [-0.2, 0) is 14.8 Å². The van der Waals surface area contributed by atoms with Crippen molar-refractivity contribution in [2.75, 3.05) is 35.6 Å². The Morgan fingerprint density at radius 2 is 1.89 bits per heavy atom. The number of sulfonamides is 1. The second-order valence-corrected chi connectivity index (χ2v) is 10.8. The van der Waals surface area contributed by atoms with E-state index in [0.717, 1.165) is 43.4 Å². The van der Waals surface area contributed by atoms with Gasteiger partial charge in [0.05, 0.1) is 23.8 Å². The Balaban J connectivity index is 0.000000917. The summed E-state index contributed by atoms with van der Waals surface area (Å²) in [6.45, 7) is 6.10. The first-order chi connectivity index (χ1) is 16.8. The zero-order valence-electron chi connectivity index (χ0n) is 19.8. The Morgan fingerprint density at radius 1 is 1.14 bits per heavy atom. The minimum Gasteiger partial charge on any atom is -0.483 e. The van der Waals surface area contributed by atoms with E-state index in [0.29, 0.717) is 30.2 Å². The van der Waals surface area contributed by atoms with Gasteiger partial charge in [-0.3, -0.25) is 4.79 Å². The highest BCUT2D eigenvalue weighted by Crippen LogP contribution is 2.27. The van der Waals surface area contributed by atoms with Crippen LogP contribution < -0.4 is 10.2 Å². The van der Waals surface area contributed by atoms with Crippen molar-refractivity contribution in [3.05, 3.63) is 30.9 Å². The van der Waals surface area contributed by atoms with Crippen LogP contribution in [0.25, 0.3) is 11.0 Å². The van der Waals surface area contributed by atoms with E-state index in [9.17, 15) is 8.42 Å². The number of anilines is 3. The topological polar surface area (TPSA) is 146 Å². The molecule has 0 atom stereocenters. The van der Waals surface area contributed by atoms with Crippen LogP contribution in [-0.4, -0.2) is 80.2 Å². The monoisotopic (exact) mass is 502 g/mol. The summed E-state index contributed by atoms with van der Waals surface area (Å²) in [5.74, 6) is 2.29. The molecule has 2 aliphatic heterocycles. The van der Waals surface area contributed by atoms with Gasteiger partial charge in [0, 0.05) is 44.0 Å². The minimum atomic E-state index is -3.07. The summed E-state index contributed by atoms with van der Waals surface area (Å²) < 4.78 is 28.3. The van der Waals surface area contributed by atoms with Gasteiger partial charge in [-0.2, -0.15) is 9.29 Å². The predicted octanol–water partition coefficient (Wildman–Crippen LogP) is 2.25. The summed E-state index contributed by atoms with van der Waals surface area (Å²) in [6, 6.07) is 4.19. The summed E-state index contributed by atoms with van der Waals surface area (Å²) in [4.78, 5) is 28.5. The highest BCUT2D eigenvalue weighted by atomic mass is 32.2. The van der Waals surface area contributed by atoms with Crippen molar-refractivity contribution in [2.24, 2.45) is 0 Å². The van der Waals surface area contributed by atoms with Crippen molar-refractivity contribution in [1.29, 1.82) is 0 Å². The lowest BCUT2D eigenvalue weighted by atomic mass is 10.1. The van der Waals surface area contributed by atoms with Crippen LogP contribution in [0.1, 0.15) is 39.2 Å². The minimum absolute atomic E-state index is 0.0850. The number of aromatic nitrogens is 5. The van der Waals surface area contributed by atoms with Crippen LogP contribution in [0.2, 0.25) is 0 Å². The summed E-state index contributed by atoms with van der Waals surface area (Å²) in [6.07, 6.45) is 7.64. The average molecular weight is 503 g/mol. The maximum Gasteiger partial charge on any atom is 0.290 e. The van der Waals surface area contributed by atoms with Gasteiger partial charge in [-0.1, -0.05) is 0 Å². The number of nitrogens with zero attached hydrogens (tertiary/aromatic N) is 7. The van der Waals surface area contributed by atoms with E-state index >= 15 is 0 Å². The Bertz CT molecular complexity index is 1270. The first-order valence-electron chi connectivity index (χ1n) is 11.6. The van der Waals surface area contributed by atoms with Crippen LogP contribution in [0.5, 0.6) is 0 Å². The van der Waals surface area contributed by atoms with Crippen molar-refractivity contribution in [3.8, 4) is 0 Å².